The normalized spacial score (nSPS) is 11.6. The van der Waals surface area contributed by atoms with Gasteiger partial charge in [-0.3, -0.25) is 4.79 Å². The molecule has 0 fully saturated rings. The molecule has 0 aliphatic carbocycles. The summed E-state index contributed by atoms with van der Waals surface area (Å²) in [7, 11) is -4.04. The number of sulfonamides is 1. The molecule has 2 N–H and O–H groups in total. The molecule has 0 aliphatic heterocycles. The van der Waals surface area contributed by atoms with Gasteiger partial charge in [0.25, 0.3) is 0 Å². The number of hydrogen-bond acceptors (Lipinski definition) is 4. The quantitative estimate of drug-likeness (QED) is 0.646. The number of benzene rings is 2. The zero-order chi connectivity index (χ0) is 20.0. The monoisotopic (exact) mass is 450 g/mol. The molecular formula is C17H17Cl3N2O4S. The van der Waals surface area contributed by atoms with E-state index < -0.39 is 22.5 Å². The summed E-state index contributed by atoms with van der Waals surface area (Å²) in [5, 5.41) is 12.2. The third-order valence-electron chi connectivity index (χ3n) is 3.60. The van der Waals surface area contributed by atoms with Gasteiger partial charge in [0.05, 0.1) is 18.0 Å². The van der Waals surface area contributed by atoms with E-state index in [1.54, 1.807) is 18.2 Å². The summed E-state index contributed by atoms with van der Waals surface area (Å²) in [5.41, 5.74) is 0.383. The van der Waals surface area contributed by atoms with Crippen LogP contribution in [0.4, 0.5) is 0 Å². The van der Waals surface area contributed by atoms with E-state index in [4.69, 9.17) is 39.9 Å². The minimum absolute atomic E-state index is 0.0144. The van der Waals surface area contributed by atoms with Gasteiger partial charge in [0.1, 0.15) is 0 Å². The number of nitrogens with zero attached hydrogens (tertiary/aromatic N) is 1. The molecule has 0 saturated heterocycles. The van der Waals surface area contributed by atoms with Gasteiger partial charge >= 0.3 is 0 Å². The van der Waals surface area contributed by atoms with Gasteiger partial charge in [-0.05, 0) is 36.4 Å². The second-order valence-corrected chi connectivity index (χ2v) is 8.69. The molecular weight excluding hydrogens is 435 g/mol. The van der Waals surface area contributed by atoms with Crippen LogP contribution in [-0.2, 0) is 21.4 Å². The minimum atomic E-state index is -4.04. The molecule has 2 aromatic carbocycles. The van der Waals surface area contributed by atoms with E-state index in [1.807, 2.05) is 0 Å². The maximum absolute atomic E-state index is 13.0. The number of aliphatic hydroxyl groups excluding tert-OH is 1. The molecule has 0 radical (unpaired) electrons. The third-order valence-corrected chi connectivity index (χ3v) is 6.37. The van der Waals surface area contributed by atoms with Crippen molar-refractivity contribution >= 4 is 50.7 Å². The van der Waals surface area contributed by atoms with Crippen LogP contribution in [0.2, 0.25) is 15.1 Å². The van der Waals surface area contributed by atoms with Crippen molar-refractivity contribution in [3.05, 3.63) is 63.1 Å². The van der Waals surface area contributed by atoms with Crippen LogP contribution in [0.25, 0.3) is 0 Å². The molecule has 146 valence electrons. The van der Waals surface area contributed by atoms with Crippen LogP contribution in [0, 0.1) is 0 Å². The highest BCUT2D eigenvalue weighted by atomic mass is 35.5. The first kappa shape index (κ1) is 21.9. The Morgan fingerprint density at radius 3 is 2.19 bits per heavy atom. The summed E-state index contributed by atoms with van der Waals surface area (Å²) in [5.74, 6) is -0.565. The molecule has 0 atom stereocenters. The molecule has 0 aliphatic rings. The predicted molar refractivity (Wildman–Crippen MR) is 106 cm³/mol. The molecule has 6 nitrogen and oxygen atoms in total. The van der Waals surface area contributed by atoms with Crippen LogP contribution in [0.1, 0.15) is 5.56 Å². The molecule has 1 amide bonds. The van der Waals surface area contributed by atoms with Crippen LogP contribution in [-0.4, -0.2) is 43.4 Å². The maximum Gasteiger partial charge on any atom is 0.243 e. The van der Waals surface area contributed by atoms with Crippen molar-refractivity contribution < 1.29 is 18.3 Å². The van der Waals surface area contributed by atoms with Crippen LogP contribution in [0.15, 0.2) is 47.4 Å². The fraction of sp³-hybridized carbons (Fsp3) is 0.235. The fourth-order valence-corrected chi connectivity index (χ4v) is 4.26. The Labute approximate surface area is 172 Å². The SMILES string of the molecule is O=C(CN(Cc1c(Cl)cccc1Cl)S(=O)(=O)c1ccc(Cl)cc1)NCCO. The van der Waals surface area contributed by atoms with Gasteiger partial charge < -0.3 is 10.4 Å². The highest BCUT2D eigenvalue weighted by Gasteiger charge is 2.28. The largest absolute Gasteiger partial charge is 0.395 e. The van der Waals surface area contributed by atoms with Crippen molar-refractivity contribution in [3.63, 3.8) is 0 Å². The highest BCUT2D eigenvalue weighted by molar-refractivity contribution is 7.89. The number of carbonyl (C=O) groups is 1. The second kappa shape index (κ2) is 9.73. The minimum Gasteiger partial charge on any atom is -0.395 e. The predicted octanol–water partition coefficient (Wildman–Crippen LogP) is 2.95. The number of aliphatic hydroxyl groups is 1. The van der Waals surface area contributed by atoms with Crippen molar-refractivity contribution in [1.82, 2.24) is 9.62 Å². The lowest BCUT2D eigenvalue weighted by Gasteiger charge is -2.23. The zero-order valence-corrected chi connectivity index (χ0v) is 17.1. The van der Waals surface area contributed by atoms with Crippen molar-refractivity contribution in [3.8, 4) is 0 Å². The smallest absolute Gasteiger partial charge is 0.243 e. The number of halogens is 3. The Bertz CT molecular complexity index is 885. The maximum atomic E-state index is 13.0. The lowest BCUT2D eigenvalue weighted by atomic mass is 10.2. The number of rotatable bonds is 8. The first-order chi connectivity index (χ1) is 12.8. The number of carbonyl (C=O) groups excluding carboxylic acids is 1. The van der Waals surface area contributed by atoms with E-state index in [0.717, 1.165) is 4.31 Å². The topological polar surface area (TPSA) is 86.7 Å². The van der Waals surface area contributed by atoms with Gasteiger partial charge in [-0.1, -0.05) is 40.9 Å². The van der Waals surface area contributed by atoms with E-state index in [0.29, 0.717) is 10.6 Å². The Kier molecular flexibility index (Phi) is 7.91. The van der Waals surface area contributed by atoms with Crippen molar-refractivity contribution in [2.75, 3.05) is 19.7 Å². The molecule has 0 saturated carbocycles. The summed E-state index contributed by atoms with van der Waals surface area (Å²) in [6.45, 7) is -0.908. The lowest BCUT2D eigenvalue weighted by Crippen LogP contribution is -2.41. The van der Waals surface area contributed by atoms with Gasteiger partial charge in [-0.15, -0.1) is 0 Å². The van der Waals surface area contributed by atoms with Crippen LogP contribution in [0.3, 0.4) is 0 Å². The van der Waals surface area contributed by atoms with Crippen LogP contribution < -0.4 is 5.32 Å². The molecule has 0 spiro atoms. The Balaban J connectivity index is 2.39. The van der Waals surface area contributed by atoms with Gasteiger partial charge in [-0.25, -0.2) is 8.42 Å². The summed E-state index contributed by atoms with van der Waals surface area (Å²) < 4.78 is 27.1. The standard InChI is InChI=1S/C17H17Cl3N2O4S/c18-12-4-6-13(7-5-12)27(25,26)22(11-17(24)21-8-9-23)10-14-15(19)2-1-3-16(14)20/h1-7,23H,8-11H2,(H,21,24). The van der Waals surface area contributed by atoms with Gasteiger partial charge in [0.15, 0.2) is 0 Å². The van der Waals surface area contributed by atoms with E-state index in [-0.39, 0.29) is 34.6 Å². The van der Waals surface area contributed by atoms with Crippen molar-refractivity contribution in [2.24, 2.45) is 0 Å². The van der Waals surface area contributed by atoms with Crippen molar-refractivity contribution in [1.29, 1.82) is 0 Å². The lowest BCUT2D eigenvalue weighted by molar-refractivity contribution is -0.121. The summed E-state index contributed by atoms with van der Waals surface area (Å²) in [4.78, 5) is 12.1. The molecule has 0 aromatic heterocycles. The van der Waals surface area contributed by atoms with E-state index >= 15 is 0 Å². The van der Waals surface area contributed by atoms with Crippen LogP contribution >= 0.6 is 34.8 Å². The molecule has 2 aromatic rings. The van der Waals surface area contributed by atoms with Gasteiger partial charge in [0.2, 0.25) is 15.9 Å². The average Bonchev–Trinajstić information content (AvgIpc) is 2.62. The Morgan fingerprint density at radius 2 is 1.63 bits per heavy atom. The summed E-state index contributed by atoms with van der Waals surface area (Å²) in [6, 6.07) is 10.4. The summed E-state index contributed by atoms with van der Waals surface area (Å²) >= 11 is 18.1. The number of hydrogen-bond donors (Lipinski definition) is 2. The number of nitrogens with one attached hydrogen (secondary N) is 1. The first-order valence-corrected chi connectivity index (χ1v) is 10.4. The second-order valence-electron chi connectivity index (χ2n) is 5.50. The fourth-order valence-electron chi connectivity index (χ4n) is 2.25. The van der Waals surface area contributed by atoms with E-state index in [1.165, 1.54) is 24.3 Å². The Morgan fingerprint density at radius 1 is 1.04 bits per heavy atom. The van der Waals surface area contributed by atoms with E-state index in [2.05, 4.69) is 5.32 Å². The molecule has 0 unspecified atom stereocenters. The molecule has 2 rings (SSSR count). The summed E-state index contributed by atoms with van der Waals surface area (Å²) in [6.07, 6.45) is 0. The third kappa shape index (κ3) is 5.81. The number of amides is 1. The van der Waals surface area contributed by atoms with Crippen LogP contribution in [0.5, 0.6) is 0 Å². The average molecular weight is 452 g/mol. The van der Waals surface area contributed by atoms with Crippen molar-refractivity contribution in [2.45, 2.75) is 11.4 Å². The van der Waals surface area contributed by atoms with Gasteiger partial charge in [-0.2, -0.15) is 4.31 Å². The molecule has 27 heavy (non-hydrogen) atoms. The van der Waals surface area contributed by atoms with Gasteiger partial charge in [0, 0.05) is 33.7 Å². The zero-order valence-electron chi connectivity index (χ0n) is 14.0. The molecule has 0 heterocycles. The molecule has 0 bridgehead atoms. The highest BCUT2D eigenvalue weighted by Crippen LogP contribution is 2.28. The Hall–Kier alpha value is -1.35. The molecule has 10 heteroatoms. The first-order valence-electron chi connectivity index (χ1n) is 7.82. The van der Waals surface area contributed by atoms with E-state index in [9.17, 15) is 13.2 Å².